The van der Waals surface area contributed by atoms with Gasteiger partial charge in [0, 0.05) is 31.9 Å². The minimum Gasteiger partial charge on any atom is -0.356 e. The van der Waals surface area contributed by atoms with E-state index in [2.05, 4.69) is 42.8 Å². The predicted octanol–water partition coefficient (Wildman–Crippen LogP) is 1.47. The van der Waals surface area contributed by atoms with Gasteiger partial charge in [-0.25, -0.2) is 9.78 Å². The molecular formula is C17H25N7O. The molecule has 0 unspecified atom stereocenters. The minimum atomic E-state index is -0.155. The number of anilines is 1. The van der Waals surface area contributed by atoms with Crippen molar-refractivity contribution >= 4 is 11.8 Å². The lowest BCUT2D eigenvalue weighted by Gasteiger charge is -2.33. The van der Waals surface area contributed by atoms with E-state index in [0.29, 0.717) is 6.54 Å². The fraction of sp³-hybridized carbons (Fsp3) is 0.529. The first-order chi connectivity index (χ1) is 12.2. The Bertz CT molecular complexity index is 689. The van der Waals surface area contributed by atoms with Crippen LogP contribution in [0.3, 0.4) is 0 Å². The molecule has 0 aromatic carbocycles. The third kappa shape index (κ3) is 4.46. The number of piperidine rings is 1. The van der Waals surface area contributed by atoms with E-state index in [0.717, 1.165) is 49.7 Å². The van der Waals surface area contributed by atoms with E-state index in [1.165, 1.54) is 0 Å². The first-order valence-electron chi connectivity index (χ1n) is 8.74. The molecular weight excluding hydrogens is 318 g/mol. The highest BCUT2D eigenvalue weighted by Gasteiger charge is 2.21. The van der Waals surface area contributed by atoms with Gasteiger partial charge in [-0.15, -0.1) is 10.2 Å². The Morgan fingerprint density at radius 1 is 1.32 bits per heavy atom. The molecule has 8 heteroatoms. The van der Waals surface area contributed by atoms with Gasteiger partial charge < -0.3 is 20.1 Å². The molecule has 8 nitrogen and oxygen atoms in total. The van der Waals surface area contributed by atoms with Crippen molar-refractivity contribution in [3.05, 3.63) is 36.0 Å². The molecule has 0 radical (unpaired) electrons. The Morgan fingerprint density at radius 2 is 2.12 bits per heavy atom. The molecule has 0 saturated carbocycles. The Morgan fingerprint density at radius 3 is 2.80 bits per heavy atom. The van der Waals surface area contributed by atoms with Crippen molar-refractivity contribution in [2.24, 2.45) is 0 Å². The lowest BCUT2D eigenvalue weighted by Crippen LogP contribution is -2.48. The van der Waals surface area contributed by atoms with Crippen molar-refractivity contribution in [3.8, 4) is 0 Å². The van der Waals surface area contributed by atoms with Crippen LogP contribution in [0.5, 0.6) is 0 Å². The van der Waals surface area contributed by atoms with E-state index < -0.39 is 0 Å². The van der Waals surface area contributed by atoms with Crippen molar-refractivity contribution in [1.29, 1.82) is 0 Å². The highest BCUT2D eigenvalue weighted by Crippen LogP contribution is 2.17. The van der Waals surface area contributed by atoms with Gasteiger partial charge in [0.1, 0.15) is 12.1 Å². The molecule has 0 spiro atoms. The molecule has 1 saturated heterocycles. The monoisotopic (exact) mass is 343 g/mol. The number of nitrogens with one attached hydrogen (secondary N) is 2. The second-order valence-corrected chi connectivity index (χ2v) is 6.32. The topological polar surface area (TPSA) is 88.0 Å². The van der Waals surface area contributed by atoms with Crippen molar-refractivity contribution in [2.75, 3.05) is 18.0 Å². The molecule has 134 valence electrons. The number of pyridine rings is 1. The molecule has 25 heavy (non-hydrogen) atoms. The van der Waals surface area contributed by atoms with Gasteiger partial charge in [0.2, 0.25) is 0 Å². The van der Waals surface area contributed by atoms with Crippen LogP contribution in [-0.4, -0.2) is 44.9 Å². The number of aryl methyl sites for hydroxylation is 2. The molecule has 2 aromatic heterocycles. The molecule has 0 aliphatic carbocycles. The second kappa shape index (κ2) is 7.96. The van der Waals surface area contributed by atoms with Gasteiger partial charge in [0.25, 0.3) is 0 Å². The number of rotatable bonds is 5. The van der Waals surface area contributed by atoms with Crippen LogP contribution in [0, 0.1) is 6.92 Å². The maximum atomic E-state index is 12.1. The molecule has 2 N–H and O–H groups in total. The molecule has 1 aliphatic rings. The van der Waals surface area contributed by atoms with Gasteiger partial charge in [-0.2, -0.15) is 0 Å². The molecule has 1 fully saturated rings. The zero-order chi connectivity index (χ0) is 17.6. The molecule has 2 aromatic rings. The van der Waals surface area contributed by atoms with Crippen molar-refractivity contribution in [3.63, 3.8) is 0 Å². The molecule has 0 atom stereocenters. The predicted molar refractivity (Wildman–Crippen MR) is 95.3 cm³/mol. The number of urea groups is 1. The van der Waals surface area contributed by atoms with Gasteiger partial charge in [-0.05, 0) is 38.3 Å². The number of amides is 2. The van der Waals surface area contributed by atoms with Crippen LogP contribution >= 0.6 is 0 Å². The normalized spacial score (nSPS) is 15.2. The lowest BCUT2D eigenvalue weighted by molar-refractivity contribution is 0.233. The van der Waals surface area contributed by atoms with Crippen LogP contribution in [0.4, 0.5) is 10.6 Å². The summed E-state index contributed by atoms with van der Waals surface area (Å²) in [6.45, 7) is 7.01. The smallest absolute Gasteiger partial charge is 0.315 e. The Labute approximate surface area is 147 Å². The number of carbonyl (C=O) groups is 1. The summed E-state index contributed by atoms with van der Waals surface area (Å²) in [4.78, 5) is 18.8. The SMILES string of the molecule is CCn1cnnc1CNC(=O)NC1CCN(c2ccc(C)cn2)CC1. The fourth-order valence-corrected chi connectivity index (χ4v) is 2.98. The van der Waals surface area contributed by atoms with E-state index in [4.69, 9.17) is 0 Å². The van der Waals surface area contributed by atoms with E-state index >= 15 is 0 Å². The summed E-state index contributed by atoms with van der Waals surface area (Å²) in [6, 6.07) is 4.16. The third-order valence-corrected chi connectivity index (χ3v) is 4.49. The molecule has 1 aliphatic heterocycles. The fourth-order valence-electron chi connectivity index (χ4n) is 2.98. The van der Waals surface area contributed by atoms with Crippen molar-refractivity contribution in [2.45, 2.75) is 45.8 Å². The standard InChI is InChI=1S/C17H25N7O/c1-3-23-12-20-22-16(23)11-19-17(25)21-14-6-8-24(9-7-14)15-5-4-13(2)10-18-15/h4-5,10,12,14H,3,6-9,11H2,1-2H3,(H2,19,21,25). The highest BCUT2D eigenvalue weighted by molar-refractivity contribution is 5.74. The van der Waals surface area contributed by atoms with E-state index in [1.807, 2.05) is 24.6 Å². The number of hydrogen-bond donors (Lipinski definition) is 2. The average Bonchev–Trinajstić information content (AvgIpc) is 3.09. The van der Waals surface area contributed by atoms with Crippen LogP contribution in [0.1, 0.15) is 31.2 Å². The van der Waals surface area contributed by atoms with Gasteiger partial charge in [-0.3, -0.25) is 0 Å². The minimum absolute atomic E-state index is 0.155. The van der Waals surface area contributed by atoms with Gasteiger partial charge in [0.05, 0.1) is 6.54 Å². The lowest BCUT2D eigenvalue weighted by atomic mass is 10.1. The first-order valence-corrected chi connectivity index (χ1v) is 8.74. The van der Waals surface area contributed by atoms with Crippen molar-refractivity contribution in [1.82, 2.24) is 30.4 Å². The number of nitrogens with zero attached hydrogens (tertiary/aromatic N) is 5. The largest absolute Gasteiger partial charge is 0.356 e. The van der Waals surface area contributed by atoms with E-state index in [9.17, 15) is 4.79 Å². The summed E-state index contributed by atoms with van der Waals surface area (Å²) in [5.41, 5.74) is 1.16. The maximum absolute atomic E-state index is 12.1. The van der Waals surface area contributed by atoms with Gasteiger partial charge >= 0.3 is 6.03 Å². The Balaban J connectivity index is 1.42. The zero-order valence-electron chi connectivity index (χ0n) is 14.8. The van der Waals surface area contributed by atoms with Crippen molar-refractivity contribution < 1.29 is 4.79 Å². The molecule has 0 bridgehead atoms. The van der Waals surface area contributed by atoms with Gasteiger partial charge in [-0.1, -0.05) is 6.07 Å². The Hall–Kier alpha value is -2.64. The summed E-state index contributed by atoms with van der Waals surface area (Å²) in [6.07, 6.45) is 5.38. The van der Waals surface area contributed by atoms with Crippen LogP contribution in [0.2, 0.25) is 0 Å². The summed E-state index contributed by atoms with van der Waals surface area (Å²) < 4.78 is 1.91. The maximum Gasteiger partial charge on any atom is 0.315 e. The summed E-state index contributed by atoms with van der Waals surface area (Å²) in [5.74, 6) is 1.77. The first kappa shape index (κ1) is 17.2. The number of carbonyl (C=O) groups excluding carboxylic acids is 1. The highest BCUT2D eigenvalue weighted by atomic mass is 16.2. The van der Waals surface area contributed by atoms with Crippen LogP contribution < -0.4 is 15.5 Å². The van der Waals surface area contributed by atoms with E-state index in [1.54, 1.807) is 6.33 Å². The zero-order valence-corrected chi connectivity index (χ0v) is 14.8. The number of aromatic nitrogens is 4. The summed E-state index contributed by atoms with van der Waals surface area (Å²) in [7, 11) is 0. The van der Waals surface area contributed by atoms with Crippen LogP contribution in [-0.2, 0) is 13.1 Å². The van der Waals surface area contributed by atoms with Gasteiger partial charge in [0.15, 0.2) is 5.82 Å². The second-order valence-electron chi connectivity index (χ2n) is 6.32. The average molecular weight is 343 g/mol. The quantitative estimate of drug-likeness (QED) is 0.858. The summed E-state index contributed by atoms with van der Waals surface area (Å²) >= 11 is 0. The molecule has 3 rings (SSSR count). The number of hydrogen-bond acceptors (Lipinski definition) is 5. The molecule has 2 amide bonds. The third-order valence-electron chi connectivity index (χ3n) is 4.49. The van der Waals surface area contributed by atoms with Crippen LogP contribution in [0.25, 0.3) is 0 Å². The van der Waals surface area contributed by atoms with E-state index in [-0.39, 0.29) is 12.1 Å². The molecule has 3 heterocycles. The Kier molecular flexibility index (Phi) is 5.47. The summed E-state index contributed by atoms with van der Waals surface area (Å²) in [5, 5.41) is 13.8. The van der Waals surface area contributed by atoms with Crippen LogP contribution in [0.15, 0.2) is 24.7 Å².